The van der Waals surface area contributed by atoms with E-state index in [1.807, 2.05) is 55.4 Å². The van der Waals surface area contributed by atoms with Crippen LogP contribution in [0.1, 0.15) is 10.7 Å². The van der Waals surface area contributed by atoms with Gasteiger partial charge in [-0.15, -0.1) is 10.2 Å². The number of anilines is 2. The third-order valence-corrected chi connectivity index (χ3v) is 3.60. The van der Waals surface area contributed by atoms with Crippen LogP contribution < -0.4 is 15.0 Å². The minimum atomic E-state index is -0.466. The molecular formula is C18H18N4O3. The van der Waals surface area contributed by atoms with Crippen LogP contribution in [0.25, 0.3) is 11.5 Å². The minimum absolute atomic E-state index is 0.113. The second-order valence-corrected chi connectivity index (χ2v) is 5.51. The van der Waals surface area contributed by atoms with Crippen LogP contribution in [0.15, 0.2) is 52.9 Å². The summed E-state index contributed by atoms with van der Waals surface area (Å²) in [5, 5.41) is 10.5. The minimum Gasteiger partial charge on any atom is -0.496 e. The normalized spacial score (nSPS) is 10.4. The fraction of sp³-hybridized carbons (Fsp3) is 0.167. The molecule has 0 radical (unpaired) electrons. The van der Waals surface area contributed by atoms with E-state index in [1.165, 1.54) is 0 Å². The molecule has 1 N–H and O–H groups in total. The van der Waals surface area contributed by atoms with Crippen molar-refractivity contribution in [2.75, 3.05) is 31.4 Å². The highest BCUT2D eigenvalue weighted by atomic mass is 16.5. The predicted octanol–water partition coefficient (Wildman–Crippen LogP) is 3.06. The van der Waals surface area contributed by atoms with Crippen LogP contribution in [0.4, 0.5) is 11.4 Å². The van der Waals surface area contributed by atoms with Crippen molar-refractivity contribution in [3.8, 4) is 17.2 Å². The summed E-state index contributed by atoms with van der Waals surface area (Å²) in [4.78, 5) is 14.3. The summed E-state index contributed by atoms with van der Waals surface area (Å²) in [6.07, 6.45) is 0. The number of amides is 1. The lowest BCUT2D eigenvalue weighted by molar-refractivity contribution is 0.0991. The van der Waals surface area contributed by atoms with Crippen molar-refractivity contribution in [2.45, 2.75) is 0 Å². The van der Waals surface area contributed by atoms with E-state index in [4.69, 9.17) is 9.15 Å². The largest absolute Gasteiger partial charge is 0.496 e. The number of carbonyl (C=O) groups excluding carboxylic acids is 1. The van der Waals surface area contributed by atoms with Gasteiger partial charge >= 0.3 is 11.8 Å². The quantitative estimate of drug-likeness (QED) is 0.770. The number of hydrogen-bond acceptors (Lipinski definition) is 6. The number of rotatable bonds is 5. The molecule has 2 aromatic carbocycles. The Kier molecular flexibility index (Phi) is 4.65. The standard InChI is InChI=1S/C18H18N4O3/c1-22(2)13-10-8-12(9-11-13)19-16(23)18-21-20-17(25-18)14-6-4-5-7-15(14)24-3/h4-11H,1-3H3,(H,19,23). The highest BCUT2D eigenvalue weighted by Gasteiger charge is 2.18. The molecule has 7 nitrogen and oxygen atoms in total. The van der Waals surface area contributed by atoms with Crippen LogP contribution in [0, 0.1) is 0 Å². The van der Waals surface area contributed by atoms with E-state index in [0.717, 1.165) is 5.69 Å². The first-order chi connectivity index (χ1) is 12.1. The average molecular weight is 338 g/mol. The van der Waals surface area contributed by atoms with Crippen LogP contribution in [-0.4, -0.2) is 37.3 Å². The topological polar surface area (TPSA) is 80.5 Å². The second-order valence-electron chi connectivity index (χ2n) is 5.51. The number of hydrogen-bond donors (Lipinski definition) is 1. The van der Waals surface area contributed by atoms with Crippen LogP contribution in [-0.2, 0) is 0 Å². The Morgan fingerprint density at radius 2 is 1.80 bits per heavy atom. The van der Waals surface area contributed by atoms with E-state index in [1.54, 1.807) is 19.2 Å². The molecule has 1 amide bonds. The lowest BCUT2D eigenvalue weighted by Crippen LogP contribution is -2.13. The zero-order chi connectivity index (χ0) is 17.8. The van der Waals surface area contributed by atoms with Crippen LogP contribution in [0.2, 0.25) is 0 Å². The number of benzene rings is 2. The number of nitrogens with one attached hydrogen (secondary N) is 1. The van der Waals surface area contributed by atoms with Gasteiger partial charge < -0.3 is 19.4 Å². The molecule has 0 atom stereocenters. The predicted molar refractivity (Wildman–Crippen MR) is 95.0 cm³/mol. The third kappa shape index (κ3) is 3.60. The number of para-hydroxylation sites is 1. The zero-order valence-electron chi connectivity index (χ0n) is 14.2. The number of aromatic nitrogens is 2. The molecule has 0 fully saturated rings. The van der Waals surface area contributed by atoms with Gasteiger partial charge in [0.2, 0.25) is 0 Å². The molecule has 3 rings (SSSR count). The molecule has 0 aliphatic heterocycles. The van der Waals surface area contributed by atoms with Crippen molar-refractivity contribution in [1.29, 1.82) is 0 Å². The summed E-state index contributed by atoms with van der Waals surface area (Å²) in [6, 6.07) is 14.7. The Morgan fingerprint density at radius 3 is 2.48 bits per heavy atom. The lowest BCUT2D eigenvalue weighted by Gasteiger charge is -2.12. The van der Waals surface area contributed by atoms with Crippen molar-refractivity contribution < 1.29 is 13.9 Å². The Morgan fingerprint density at radius 1 is 1.08 bits per heavy atom. The van der Waals surface area contributed by atoms with Crippen molar-refractivity contribution in [3.05, 3.63) is 54.4 Å². The van der Waals surface area contributed by atoms with Crippen molar-refractivity contribution in [2.24, 2.45) is 0 Å². The summed E-state index contributed by atoms with van der Waals surface area (Å²) in [5.74, 6) is 0.242. The first-order valence-electron chi connectivity index (χ1n) is 7.64. The molecule has 0 aliphatic rings. The highest BCUT2D eigenvalue weighted by Crippen LogP contribution is 2.28. The van der Waals surface area contributed by atoms with Gasteiger partial charge in [-0.25, -0.2) is 0 Å². The summed E-state index contributed by atoms with van der Waals surface area (Å²) in [6.45, 7) is 0. The van der Waals surface area contributed by atoms with E-state index < -0.39 is 5.91 Å². The maximum absolute atomic E-state index is 12.3. The molecule has 0 aliphatic carbocycles. The van der Waals surface area contributed by atoms with E-state index in [0.29, 0.717) is 17.0 Å². The summed E-state index contributed by atoms with van der Waals surface area (Å²) < 4.78 is 10.7. The van der Waals surface area contributed by atoms with Gasteiger partial charge in [0.15, 0.2) is 0 Å². The van der Waals surface area contributed by atoms with Crippen molar-refractivity contribution in [3.63, 3.8) is 0 Å². The fourth-order valence-corrected chi connectivity index (χ4v) is 2.27. The van der Waals surface area contributed by atoms with Gasteiger partial charge in [-0.1, -0.05) is 12.1 Å². The van der Waals surface area contributed by atoms with Crippen LogP contribution >= 0.6 is 0 Å². The van der Waals surface area contributed by atoms with Crippen LogP contribution in [0.5, 0.6) is 5.75 Å². The maximum Gasteiger partial charge on any atom is 0.313 e. The first kappa shape index (κ1) is 16.5. The monoisotopic (exact) mass is 338 g/mol. The zero-order valence-corrected chi connectivity index (χ0v) is 14.2. The molecule has 0 saturated carbocycles. The lowest BCUT2D eigenvalue weighted by atomic mass is 10.2. The van der Waals surface area contributed by atoms with E-state index in [2.05, 4.69) is 15.5 Å². The van der Waals surface area contributed by atoms with E-state index in [9.17, 15) is 4.79 Å². The van der Waals surface area contributed by atoms with Gasteiger partial charge in [0.25, 0.3) is 5.89 Å². The van der Waals surface area contributed by atoms with Gasteiger partial charge in [-0.2, -0.15) is 0 Å². The SMILES string of the molecule is COc1ccccc1-c1nnc(C(=O)Nc2ccc(N(C)C)cc2)o1. The van der Waals surface area contributed by atoms with Crippen molar-refractivity contribution >= 4 is 17.3 Å². The molecule has 128 valence electrons. The molecule has 1 aromatic heterocycles. The highest BCUT2D eigenvalue weighted by molar-refractivity contribution is 6.01. The Balaban J connectivity index is 1.76. The maximum atomic E-state index is 12.3. The fourth-order valence-electron chi connectivity index (χ4n) is 2.27. The molecule has 0 spiro atoms. The van der Waals surface area contributed by atoms with Crippen molar-refractivity contribution in [1.82, 2.24) is 10.2 Å². The van der Waals surface area contributed by atoms with Gasteiger partial charge in [0.05, 0.1) is 12.7 Å². The molecule has 0 unspecified atom stereocenters. The van der Waals surface area contributed by atoms with Gasteiger partial charge in [0, 0.05) is 25.5 Å². The number of carbonyl (C=O) groups is 1. The number of methoxy groups -OCH3 is 1. The molecule has 0 saturated heterocycles. The van der Waals surface area contributed by atoms with Gasteiger partial charge in [-0.05, 0) is 36.4 Å². The summed E-state index contributed by atoms with van der Waals surface area (Å²) in [7, 11) is 5.46. The number of nitrogens with zero attached hydrogens (tertiary/aromatic N) is 3. The van der Waals surface area contributed by atoms with Crippen LogP contribution in [0.3, 0.4) is 0 Å². The molecule has 7 heteroatoms. The van der Waals surface area contributed by atoms with E-state index >= 15 is 0 Å². The van der Waals surface area contributed by atoms with Gasteiger partial charge in [-0.3, -0.25) is 4.79 Å². The molecular weight excluding hydrogens is 320 g/mol. The molecule has 1 heterocycles. The Bertz CT molecular complexity index is 872. The Hall–Kier alpha value is -3.35. The summed E-state index contributed by atoms with van der Waals surface area (Å²) >= 11 is 0. The van der Waals surface area contributed by atoms with E-state index in [-0.39, 0.29) is 11.8 Å². The summed E-state index contributed by atoms with van der Waals surface area (Å²) in [5.41, 5.74) is 2.31. The second kappa shape index (κ2) is 7.04. The molecule has 25 heavy (non-hydrogen) atoms. The third-order valence-electron chi connectivity index (χ3n) is 3.60. The molecule has 0 bridgehead atoms. The van der Waals surface area contributed by atoms with Gasteiger partial charge in [0.1, 0.15) is 5.75 Å². The number of ether oxygens (including phenoxy) is 1. The Labute approximate surface area is 145 Å². The molecule has 3 aromatic rings. The first-order valence-corrected chi connectivity index (χ1v) is 7.64. The smallest absolute Gasteiger partial charge is 0.313 e. The average Bonchev–Trinajstić information content (AvgIpc) is 3.12.